The van der Waals surface area contributed by atoms with Gasteiger partial charge in [-0.3, -0.25) is 4.55 Å². The van der Waals surface area contributed by atoms with Crippen LogP contribution in [0.2, 0.25) is 0 Å². The smallest absolute Gasteiger partial charge is 0.296 e. The van der Waals surface area contributed by atoms with Crippen molar-refractivity contribution in [2.45, 2.75) is 4.90 Å². The quantitative estimate of drug-likeness (QED) is 0.150. The second kappa shape index (κ2) is 9.87. The van der Waals surface area contributed by atoms with Crippen molar-refractivity contribution in [2.24, 2.45) is 10.2 Å². The first-order chi connectivity index (χ1) is 15.7. The van der Waals surface area contributed by atoms with Crippen LogP contribution in [0.1, 0.15) is 0 Å². The van der Waals surface area contributed by atoms with Crippen LogP contribution in [0.15, 0.2) is 51.5 Å². The highest BCUT2D eigenvalue weighted by Gasteiger charge is 2.22. The molecule has 0 aliphatic rings. The fourth-order valence-electron chi connectivity index (χ4n) is 2.95. The van der Waals surface area contributed by atoms with Gasteiger partial charge in [0.2, 0.25) is 0 Å². The number of nitrogens with two attached hydrogens (primary N) is 2. The van der Waals surface area contributed by atoms with Crippen LogP contribution < -0.4 is 20.9 Å². The highest BCUT2D eigenvalue weighted by Crippen LogP contribution is 2.43. The van der Waals surface area contributed by atoms with E-state index in [0.29, 0.717) is 11.1 Å². The number of aliphatic hydroxyl groups excluding tert-OH is 2. The van der Waals surface area contributed by atoms with Crippen LogP contribution in [0, 0.1) is 0 Å². The molecule has 12 nitrogen and oxygen atoms in total. The van der Waals surface area contributed by atoms with E-state index in [-0.39, 0.29) is 54.7 Å². The number of anilines is 2. The molecule has 176 valence electrons. The first-order valence-electron chi connectivity index (χ1n) is 9.51. The number of fused-ring (bicyclic) bond motifs is 1. The summed E-state index contributed by atoms with van der Waals surface area (Å²) in [6, 6.07) is 8.19. The zero-order chi connectivity index (χ0) is 24.2. The van der Waals surface area contributed by atoms with E-state index in [1.54, 1.807) is 0 Å². The van der Waals surface area contributed by atoms with E-state index in [9.17, 15) is 18.1 Å². The molecular formula is C20H22N4O8S. The molecule has 33 heavy (non-hydrogen) atoms. The molecule has 3 rings (SSSR count). The number of nitrogen functional groups attached to an aromatic ring is 2. The molecule has 0 aliphatic heterocycles. The van der Waals surface area contributed by atoms with Gasteiger partial charge in [-0.2, -0.15) is 8.42 Å². The van der Waals surface area contributed by atoms with Crippen molar-refractivity contribution in [3.05, 3.63) is 36.4 Å². The number of nitrogens with zero attached hydrogens (tertiary/aromatic N) is 2. The van der Waals surface area contributed by atoms with Gasteiger partial charge in [-0.25, -0.2) is 0 Å². The molecule has 3 aromatic carbocycles. The van der Waals surface area contributed by atoms with Gasteiger partial charge >= 0.3 is 0 Å². The molecule has 0 radical (unpaired) electrons. The van der Waals surface area contributed by atoms with Crippen molar-refractivity contribution in [1.82, 2.24) is 0 Å². The van der Waals surface area contributed by atoms with Crippen molar-refractivity contribution in [1.29, 1.82) is 0 Å². The zero-order valence-electron chi connectivity index (χ0n) is 17.2. The largest absolute Gasteiger partial charge is 0.505 e. The van der Waals surface area contributed by atoms with Crippen molar-refractivity contribution >= 4 is 43.6 Å². The van der Waals surface area contributed by atoms with Gasteiger partial charge in [0.1, 0.15) is 41.0 Å². The second-order valence-corrected chi connectivity index (χ2v) is 8.12. The van der Waals surface area contributed by atoms with Gasteiger partial charge in [0.15, 0.2) is 5.75 Å². The fourth-order valence-corrected chi connectivity index (χ4v) is 3.61. The third-order valence-corrected chi connectivity index (χ3v) is 5.27. The van der Waals surface area contributed by atoms with Crippen LogP contribution in [0.25, 0.3) is 10.8 Å². The SMILES string of the molecule is Nc1ccc2cc(S(=O)(=O)O)c(N=Nc3cc(OCCO)c(N)cc3OCCO)c(O)c2c1. The van der Waals surface area contributed by atoms with Crippen LogP contribution in [0.5, 0.6) is 17.2 Å². The number of hydrogen-bond donors (Lipinski definition) is 6. The number of rotatable bonds is 9. The summed E-state index contributed by atoms with van der Waals surface area (Å²) in [5, 5.41) is 37.0. The van der Waals surface area contributed by atoms with Gasteiger partial charge < -0.3 is 36.3 Å². The summed E-state index contributed by atoms with van der Waals surface area (Å²) in [6.45, 7) is -0.739. The molecule has 8 N–H and O–H groups in total. The summed E-state index contributed by atoms with van der Waals surface area (Å²) in [5.74, 6) is -0.347. The first kappa shape index (κ1) is 24.0. The average Bonchev–Trinajstić information content (AvgIpc) is 2.76. The van der Waals surface area contributed by atoms with Crippen LogP contribution in [-0.2, 0) is 10.1 Å². The number of azo groups is 1. The molecule has 0 unspecified atom stereocenters. The molecule has 0 atom stereocenters. The van der Waals surface area contributed by atoms with Gasteiger partial charge in [-0.05, 0) is 23.6 Å². The maximum absolute atomic E-state index is 12.0. The second-order valence-electron chi connectivity index (χ2n) is 6.73. The number of phenolic OH excluding ortho intramolecular Hbond substituents is 1. The van der Waals surface area contributed by atoms with E-state index in [1.807, 2.05) is 0 Å². The Morgan fingerprint density at radius 2 is 1.58 bits per heavy atom. The van der Waals surface area contributed by atoms with Gasteiger partial charge in [0.25, 0.3) is 10.1 Å². The number of aliphatic hydroxyl groups is 2. The van der Waals surface area contributed by atoms with E-state index >= 15 is 0 Å². The van der Waals surface area contributed by atoms with E-state index in [4.69, 9.17) is 31.2 Å². The Morgan fingerprint density at radius 1 is 0.909 bits per heavy atom. The highest BCUT2D eigenvalue weighted by atomic mass is 32.2. The Balaban J connectivity index is 2.19. The summed E-state index contributed by atoms with van der Waals surface area (Å²) >= 11 is 0. The lowest BCUT2D eigenvalue weighted by molar-refractivity contribution is 0.199. The predicted molar refractivity (Wildman–Crippen MR) is 120 cm³/mol. The van der Waals surface area contributed by atoms with Crippen molar-refractivity contribution in [3.63, 3.8) is 0 Å². The Kier molecular flexibility index (Phi) is 7.18. The molecule has 3 aromatic rings. The first-order valence-corrected chi connectivity index (χ1v) is 10.9. The maximum Gasteiger partial charge on any atom is 0.296 e. The van der Waals surface area contributed by atoms with Gasteiger partial charge in [-0.15, -0.1) is 10.2 Å². The minimum absolute atomic E-state index is 0.0129. The number of benzene rings is 3. The third-order valence-electron chi connectivity index (χ3n) is 4.40. The third kappa shape index (κ3) is 5.40. The lowest BCUT2D eigenvalue weighted by Gasteiger charge is -2.13. The molecule has 0 spiro atoms. The summed E-state index contributed by atoms with van der Waals surface area (Å²) in [4.78, 5) is -0.675. The number of hydrogen-bond acceptors (Lipinski definition) is 11. The van der Waals surface area contributed by atoms with E-state index in [0.717, 1.165) is 6.07 Å². The molecule has 0 amide bonds. The average molecular weight is 478 g/mol. The lowest BCUT2D eigenvalue weighted by Crippen LogP contribution is -2.05. The van der Waals surface area contributed by atoms with Gasteiger partial charge in [0, 0.05) is 23.2 Å². The Bertz CT molecular complexity index is 1310. The van der Waals surface area contributed by atoms with Crippen LogP contribution >= 0.6 is 0 Å². The minimum atomic E-state index is -4.79. The minimum Gasteiger partial charge on any atom is -0.505 e. The molecule has 13 heteroatoms. The molecular weight excluding hydrogens is 456 g/mol. The molecule has 0 aliphatic carbocycles. The number of phenols is 1. The van der Waals surface area contributed by atoms with Crippen molar-refractivity contribution in [2.75, 3.05) is 37.9 Å². The van der Waals surface area contributed by atoms with Crippen LogP contribution in [-0.4, -0.2) is 54.7 Å². The monoisotopic (exact) mass is 478 g/mol. The molecule has 0 heterocycles. The van der Waals surface area contributed by atoms with E-state index in [2.05, 4.69) is 10.2 Å². The maximum atomic E-state index is 12.0. The molecule has 0 fully saturated rings. The predicted octanol–water partition coefficient (Wildman–Crippen LogP) is 2.11. The number of ether oxygens (including phenoxy) is 2. The highest BCUT2D eigenvalue weighted by molar-refractivity contribution is 7.86. The Labute approximate surface area is 188 Å². The number of aromatic hydroxyl groups is 1. The van der Waals surface area contributed by atoms with Crippen LogP contribution in [0.4, 0.5) is 22.7 Å². The van der Waals surface area contributed by atoms with Crippen molar-refractivity contribution < 1.29 is 37.8 Å². The van der Waals surface area contributed by atoms with E-state index < -0.39 is 26.5 Å². The molecule has 0 saturated heterocycles. The summed E-state index contributed by atoms with van der Waals surface area (Å²) in [7, 11) is -4.79. The summed E-state index contributed by atoms with van der Waals surface area (Å²) in [5.41, 5.74) is 11.6. The van der Waals surface area contributed by atoms with Gasteiger partial charge in [0.05, 0.1) is 18.9 Å². The normalized spacial score (nSPS) is 11.8. The summed E-state index contributed by atoms with van der Waals surface area (Å²) < 4.78 is 44.3. The standard InChI is InChI=1S/C20H22N4O8S/c21-12-2-1-11-7-18(33(28,29)30)19(20(27)13(11)8-12)24-23-15-10-16(31-5-3-25)14(22)9-17(15)32-6-4-26/h1-2,7-10,25-27H,3-6,21-22H2,(H,28,29,30). The fraction of sp³-hybridized carbons (Fsp3) is 0.200. The summed E-state index contributed by atoms with van der Waals surface area (Å²) in [6.07, 6.45) is 0. The lowest BCUT2D eigenvalue weighted by atomic mass is 10.1. The molecule has 0 saturated carbocycles. The van der Waals surface area contributed by atoms with Crippen LogP contribution in [0.3, 0.4) is 0 Å². The Morgan fingerprint density at radius 3 is 2.21 bits per heavy atom. The zero-order valence-corrected chi connectivity index (χ0v) is 18.0. The van der Waals surface area contributed by atoms with Crippen molar-refractivity contribution in [3.8, 4) is 17.2 Å². The molecule has 0 aromatic heterocycles. The topological polar surface area (TPSA) is 210 Å². The van der Waals surface area contributed by atoms with E-state index in [1.165, 1.54) is 30.3 Å². The Hall–Kier alpha value is -3.65. The molecule has 0 bridgehead atoms. The van der Waals surface area contributed by atoms with Gasteiger partial charge in [-0.1, -0.05) is 6.07 Å².